The number of carbonyl (C=O) groups is 1. The summed E-state index contributed by atoms with van der Waals surface area (Å²) < 4.78 is 9.87. The molecule has 0 bridgehead atoms. The molecule has 18 heavy (non-hydrogen) atoms. The van der Waals surface area contributed by atoms with Crippen molar-refractivity contribution in [1.82, 2.24) is 5.32 Å². The Kier molecular flexibility index (Phi) is 6.47. The molecule has 0 aromatic heterocycles. The van der Waals surface area contributed by atoms with E-state index in [4.69, 9.17) is 14.7 Å². The number of hydrogen-bond acceptors (Lipinski definition) is 4. The van der Waals surface area contributed by atoms with Gasteiger partial charge in [0.25, 0.3) is 0 Å². The van der Waals surface area contributed by atoms with Gasteiger partial charge >= 0.3 is 0 Å². The van der Waals surface area contributed by atoms with Crippen molar-refractivity contribution in [3.63, 3.8) is 0 Å². The fourth-order valence-corrected chi connectivity index (χ4v) is 1.26. The summed E-state index contributed by atoms with van der Waals surface area (Å²) in [5.41, 5.74) is 1.55. The van der Waals surface area contributed by atoms with Crippen LogP contribution in [0, 0.1) is 11.3 Å². The van der Waals surface area contributed by atoms with Gasteiger partial charge in [0.1, 0.15) is 6.61 Å². The summed E-state index contributed by atoms with van der Waals surface area (Å²) in [5, 5.41) is 11.4. The van der Waals surface area contributed by atoms with Crippen LogP contribution < -0.4 is 5.32 Å². The topological polar surface area (TPSA) is 71.3 Å². The van der Waals surface area contributed by atoms with E-state index in [9.17, 15) is 4.79 Å². The zero-order valence-electron chi connectivity index (χ0n) is 10.3. The smallest absolute Gasteiger partial charge is 0.246 e. The van der Waals surface area contributed by atoms with Crippen LogP contribution in [-0.4, -0.2) is 32.8 Å². The molecule has 0 aliphatic heterocycles. The van der Waals surface area contributed by atoms with Crippen molar-refractivity contribution in [2.75, 3.05) is 26.9 Å². The molecule has 0 radical (unpaired) electrons. The molecular formula is C13H16N2O3. The average Bonchev–Trinajstić information content (AvgIpc) is 2.42. The van der Waals surface area contributed by atoms with E-state index < -0.39 is 0 Å². The lowest BCUT2D eigenvalue weighted by Gasteiger charge is -2.06. The molecule has 0 spiro atoms. The van der Waals surface area contributed by atoms with E-state index in [0.717, 1.165) is 5.56 Å². The molecule has 0 atom stereocenters. The Morgan fingerprint density at radius 1 is 1.33 bits per heavy atom. The Bertz CT molecular complexity index is 409. The number of rotatable bonds is 7. The van der Waals surface area contributed by atoms with Crippen molar-refractivity contribution in [3.8, 4) is 6.07 Å². The molecule has 96 valence electrons. The largest absolute Gasteiger partial charge is 0.382 e. The third-order valence-electron chi connectivity index (χ3n) is 2.24. The van der Waals surface area contributed by atoms with Crippen LogP contribution in [0.2, 0.25) is 0 Å². The standard InChI is InChI=1S/C13H16N2O3/c1-17-6-7-18-10-13(16)15-9-12-4-2-11(8-14)3-5-12/h2-5H,6-7,9-10H2,1H3,(H,15,16). The van der Waals surface area contributed by atoms with Gasteiger partial charge in [-0.2, -0.15) is 5.26 Å². The Morgan fingerprint density at radius 2 is 2.06 bits per heavy atom. The quantitative estimate of drug-likeness (QED) is 0.726. The van der Waals surface area contributed by atoms with Gasteiger partial charge < -0.3 is 14.8 Å². The first-order chi connectivity index (χ1) is 8.76. The number of nitrogens with zero attached hydrogens (tertiary/aromatic N) is 1. The number of nitriles is 1. The van der Waals surface area contributed by atoms with Crippen molar-refractivity contribution < 1.29 is 14.3 Å². The molecule has 5 nitrogen and oxygen atoms in total. The highest BCUT2D eigenvalue weighted by atomic mass is 16.5. The minimum Gasteiger partial charge on any atom is -0.382 e. The van der Waals surface area contributed by atoms with E-state index in [1.54, 1.807) is 19.2 Å². The molecule has 0 fully saturated rings. The third kappa shape index (κ3) is 5.43. The molecule has 0 aliphatic rings. The van der Waals surface area contributed by atoms with E-state index in [1.165, 1.54) is 0 Å². The van der Waals surface area contributed by atoms with Crippen LogP contribution in [-0.2, 0) is 20.8 Å². The lowest BCUT2D eigenvalue weighted by atomic mass is 10.1. The molecule has 1 aromatic carbocycles. The zero-order chi connectivity index (χ0) is 13.2. The number of carbonyl (C=O) groups excluding carboxylic acids is 1. The number of methoxy groups -OCH3 is 1. The first kappa shape index (κ1) is 14.2. The summed E-state index contributed by atoms with van der Waals surface area (Å²) in [4.78, 5) is 11.4. The fraction of sp³-hybridized carbons (Fsp3) is 0.385. The fourth-order valence-electron chi connectivity index (χ4n) is 1.26. The van der Waals surface area contributed by atoms with Gasteiger partial charge in [-0.3, -0.25) is 4.79 Å². The maximum absolute atomic E-state index is 11.4. The SMILES string of the molecule is COCCOCC(=O)NCc1ccc(C#N)cc1. The minimum atomic E-state index is -0.171. The van der Waals surface area contributed by atoms with Crippen LogP contribution >= 0.6 is 0 Å². The van der Waals surface area contributed by atoms with E-state index in [2.05, 4.69) is 5.32 Å². The summed E-state index contributed by atoms with van der Waals surface area (Å²) in [6.45, 7) is 1.33. The second-order valence-corrected chi connectivity index (χ2v) is 3.63. The summed E-state index contributed by atoms with van der Waals surface area (Å²) in [6.07, 6.45) is 0. The Hall–Kier alpha value is -1.90. The van der Waals surface area contributed by atoms with Crippen molar-refractivity contribution in [3.05, 3.63) is 35.4 Å². The van der Waals surface area contributed by atoms with E-state index in [0.29, 0.717) is 25.3 Å². The second kappa shape index (κ2) is 8.23. The van der Waals surface area contributed by atoms with Gasteiger partial charge in [0.2, 0.25) is 5.91 Å². The molecule has 0 heterocycles. The van der Waals surface area contributed by atoms with Gasteiger partial charge in [0.05, 0.1) is 24.8 Å². The number of ether oxygens (including phenoxy) is 2. The first-order valence-corrected chi connectivity index (χ1v) is 5.58. The van der Waals surface area contributed by atoms with Crippen LogP contribution in [0.3, 0.4) is 0 Å². The summed E-state index contributed by atoms with van der Waals surface area (Å²) >= 11 is 0. The molecule has 1 amide bonds. The van der Waals surface area contributed by atoms with Crippen molar-refractivity contribution in [2.24, 2.45) is 0 Å². The molecule has 0 saturated carbocycles. The van der Waals surface area contributed by atoms with Gasteiger partial charge in [-0.05, 0) is 17.7 Å². The van der Waals surface area contributed by atoms with Crippen LogP contribution in [0.4, 0.5) is 0 Å². The summed E-state index contributed by atoms with van der Waals surface area (Å²) in [5.74, 6) is -0.171. The van der Waals surface area contributed by atoms with Crippen molar-refractivity contribution in [1.29, 1.82) is 5.26 Å². The van der Waals surface area contributed by atoms with Gasteiger partial charge in [-0.15, -0.1) is 0 Å². The van der Waals surface area contributed by atoms with E-state index >= 15 is 0 Å². The predicted molar refractivity (Wildman–Crippen MR) is 65.7 cm³/mol. The highest BCUT2D eigenvalue weighted by molar-refractivity contribution is 5.77. The summed E-state index contributed by atoms with van der Waals surface area (Å²) in [6, 6.07) is 9.10. The van der Waals surface area contributed by atoms with Gasteiger partial charge in [-0.25, -0.2) is 0 Å². The molecule has 0 aliphatic carbocycles. The molecule has 0 unspecified atom stereocenters. The predicted octanol–water partition coefficient (Wildman–Crippen LogP) is 0.837. The van der Waals surface area contributed by atoms with Crippen molar-refractivity contribution >= 4 is 5.91 Å². The third-order valence-corrected chi connectivity index (χ3v) is 2.24. The van der Waals surface area contributed by atoms with E-state index in [-0.39, 0.29) is 12.5 Å². The molecule has 1 aromatic rings. The highest BCUT2D eigenvalue weighted by Gasteiger charge is 2.01. The maximum Gasteiger partial charge on any atom is 0.246 e. The van der Waals surface area contributed by atoms with Crippen LogP contribution in [0.1, 0.15) is 11.1 Å². The first-order valence-electron chi connectivity index (χ1n) is 5.58. The lowest BCUT2D eigenvalue weighted by molar-refractivity contribution is -0.126. The van der Waals surface area contributed by atoms with Crippen LogP contribution in [0.5, 0.6) is 0 Å². The Labute approximate surface area is 106 Å². The molecule has 5 heteroatoms. The molecule has 0 saturated heterocycles. The maximum atomic E-state index is 11.4. The lowest BCUT2D eigenvalue weighted by Crippen LogP contribution is -2.27. The average molecular weight is 248 g/mol. The van der Waals surface area contributed by atoms with Gasteiger partial charge in [0.15, 0.2) is 0 Å². The normalized spacial score (nSPS) is 9.78. The minimum absolute atomic E-state index is 0.0274. The number of benzene rings is 1. The van der Waals surface area contributed by atoms with Gasteiger partial charge in [-0.1, -0.05) is 12.1 Å². The van der Waals surface area contributed by atoms with Crippen LogP contribution in [0.15, 0.2) is 24.3 Å². The summed E-state index contributed by atoms with van der Waals surface area (Å²) in [7, 11) is 1.58. The Balaban J connectivity index is 2.23. The monoisotopic (exact) mass is 248 g/mol. The molecular weight excluding hydrogens is 232 g/mol. The van der Waals surface area contributed by atoms with Crippen LogP contribution in [0.25, 0.3) is 0 Å². The van der Waals surface area contributed by atoms with Crippen molar-refractivity contribution in [2.45, 2.75) is 6.54 Å². The van der Waals surface area contributed by atoms with Gasteiger partial charge in [0, 0.05) is 13.7 Å². The van der Waals surface area contributed by atoms with E-state index in [1.807, 2.05) is 18.2 Å². The Morgan fingerprint density at radius 3 is 2.67 bits per heavy atom. The zero-order valence-corrected chi connectivity index (χ0v) is 10.3. The molecule has 1 rings (SSSR count). The number of nitrogens with one attached hydrogen (secondary N) is 1. The highest BCUT2D eigenvalue weighted by Crippen LogP contribution is 2.02. The second-order valence-electron chi connectivity index (χ2n) is 3.63. The molecule has 1 N–H and O–H groups in total. The number of amides is 1. The number of hydrogen-bond donors (Lipinski definition) is 1.